The number of rotatable bonds is 5. The highest BCUT2D eigenvalue weighted by Gasteiger charge is 2.21. The zero-order chi connectivity index (χ0) is 13.0. The lowest BCUT2D eigenvalue weighted by molar-refractivity contribution is -0.117. The van der Waals surface area contributed by atoms with E-state index >= 15 is 0 Å². The number of nitrogens with zero attached hydrogens (tertiary/aromatic N) is 1. The molecular weight excluding hydrogens is 224 g/mol. The summed E-state index contributed by atoms with van der Waals surface area (Å²) in [5.74, 6) is 0.245. The minimum Gasteiger partial charge on any atom is -0.383 e. The van der Waals surface area contributed by atoms with E-state index < -0.39 is 0 Å². The van der Waals surface area contributed by atoms with Gasteiger partial charge in [-0.05, 0) is 44.0 Å². The van der Waals surface area contributed by atoms with Crippen molar-refractivity contribution in [2.45, 2.75) is 45.6 Å². The van der Waals surface area contributed by atoms with Crippen LogP contribution in [-0.2, 0) is 4.79 Å². The maximum atomic E-state index is 11.6. The molecule has 1 saturated heterocycles. The van der Waals surface area contributed by atoms with Gasteiger partial charge in [0.05, 0.1) is 0 Å². The monoisotopic (exact) mass is 246 g/mol. The van der Waals surface area contributed by atoms with Crippen LogP contribution in [0.4, 0.5) is 11.4 Å². The van der Waals surface area contributed by atoms with Gasteiger partial charge in [-0.25, -0.2) is 0 Å². The highest BCUT2D eigenvalue weighted by Crippen LogP contribution is 2.23. The molecule has 0 bridgehead atoms. The smallest absolute Gasteiger partial charge is 0.227 e. The van der Waals surface area contributed by atoms with Crippen molar-refractivity contribution in [2.24, 2.45) is 0 Å². The Morgan fingerprint density at radius 2 is 2.06 bits per heavy atom. The molecule has 1 aromatic rings. The molecule has 1 unspecified atom stereocenters. The Morgan fingerprint density at radius 3 is 2.61 bits per heavy atom. The van der Waals surface area contributed by atoms with Gasteiger partial charge in [-0.1, -0.05) is 13.3 Å². The van der Waals surface area contributed by atoms with E-state index in [1.54, 1.807) is 0 Å². The molecule has 3 nitrogen and oxygen atoms in total. The minimum absolute atomic E-state index is 0.245. The number of benzene rings is 1. The van der Waals surface area contributed by atoms with Gasteiger partial charge in [0.25, 0.3) is 0 Å². The van der Waals surface area contributed by atoms with Crippen molar-refractivity contribution in [3.8, 4) is 0 Å². The van der Waals surface area contributed by atoms with Crippen molar-refractivity contribution in [1.29, 1.82) is 0 Å². The molecule has 1 fully saturated rings. The Bertz CT molecular complexity index is 399. The maximum absolute atomic E-state index is 11.6. The molecule has 1 atom stereocenters. The van der Waals surface area contributed by atoms with E-state index in [-0.39, 0.29) is 5.91 Å². The maximum Gasteiger partial charge on any atom is 0.227 e. The van der Waals surface area contributed by atoms with E-state index in [4.69, 9.17) is 0 Å². The van der Waals surface area contributed by atoms with E-state index in [1.165, 1.54) is 12.8 Å². The van der Waals surface area contributed by atoms with Crippen molar-refractivity contribution >= 4 is 17.3 Å². The van der Waals surface area contributed by atoms with Gasteiger partial charge < -0.3 is 10.2 Å². The number of anilines is 2. The summed E-state index contributed by atoms with van der Waals surface area (Å²) in [5, 5.41) is 3.47. The first kappa shape index (κ1) is 12.9. The van der Waals surface area contributed by atoms with Gasteiger partial charge in [-0.15, -0.1) is 0 Å². The molecule has 98 valence electrons. The Kier molecular flexibility index (Phi) is 4.24. The van der Waals surface area contributed by atoms with Crippen molar-refractivity contribution < 1.29 is 4.79 Å². The van der Waals surface area contributed by atoms with Crippen molar-refractivity contribution in [3.63, 3.8) is 0 Å². The fourth-order valence-electron chi connectivity index (χ4n) is 2.45. The molecule has 1 amide bonds. The zero-order valence-corrected chi connectivity index (χ0v) is 11.3. The first-order chi connectivity index (χ1) is 8.70. The highest BCUT2D eigenvalue weighted by atomic mass is 16.2. The number of hydrogen-bond acceptors (Lipinski definition) is 2. The summed E-state index contributed by atoms with van der Waals surface area (Å²) in [6.07, 6.45) is 4.03. The van der Waals surface area contributed by atoms with Gasteiger partial charge in [-0.3, -0.25) is 4.79 Å². The summed E-state index contributed by atoms with van der Waals surface area (Å²) in [7, 11) is 0. The molecule has 3 heteroatoms. The van der Waals surface area contributed by atoms with Gasteiger partial charge in [-0.2, -0.15) is 0 Å². The zero-order valence-electron chi connectivity index (χ0n) is 11.3. The van der Waals surface area contributed by atoms with Gasteiger partial charge in [0.2, 0.25) is 5.91 Å². The standard InChI is InChI=1S/C15H22N2O/c1-3-5-12(2)16-13-7-9-14(10-8-13)17-11-4-6-15(17)18/h7-10,12,16H,3-6,11H2,1-2H3. The summed E-state index contributed by atoms with van der Waals surface area (Å²) < 4.78 is 0. The van der Waals surface area contributed by atoms with Crippen LogP contribution in [0.1, 0.15) is 39.5 Å². The summed E-state index contributed by atoms with van der Waals surface area (Å²) in [6, 6.07) is 8.68. The highest BCUT2D eigenvalue weighted by molar-refractivity contribution is 5.95. The first-order valence-electron chi connectivity index (χ1n) is 6.87. The lowest BCUT2D eigenvalue weighted by Gasteiger charge is -2.18. The number of carbonyl (C=O) groups excluding carboxylic acids is 1. The molecule has 1 aliphatic rings. The SMILES string of the molecule is CCCC(C)Nc1ccc(N2CCCC2=O)cc1. The Hall–Kier alpha value is -1.51. The predicted molar refractivity (Wildman–Crippen MR) is 76.0 cm³/mol. The van der Waals surface area contributed by atoms with Gasteiger partial charge >= 0.3 is 0 Å². The fourth-order valence-corrected chi connectivity index (χ4v) is 2.45. The molecule has 18 heavy (non-hydrogen) atoms. The average Bonchev–Trinajstić information content (AvgIpc) is 2.77. The third-order valence-corrected chi connectivity index (χ3v) is 3.39. The lowest BCUT2D eigenvalue weighted by atomic mass is 10.2. The number of nitrogens with one attached hydrogen (secondary N) is 1. The second kappa shape index (κ2) is 5.89. The van der Waals surface area contributed by atoms with Crippen molar-refractivity contribution in [1.82, 2.24) is 0 Å². The van der Waals surface area contributed by atoms with Gasteiger partial charge in [0.1, 0.15) is 0 Å². The van der Waals surface area contributed by atoms with Gasteiger partial charge in [0.15, 0.2) is 0 Å². The topological polar surface area (TPSA) is 32.3 Å². The summed E-state index contributed by atoms with van der Waals surface area (Å²) in [4.78, 5) is 13.5. The summed E-state index contributed by atoms with van der Waals surface area (Å²) in [5.41, 5.74) is 2.15. The largest absolute Gasteiger partial charge is 0.383 e. The van der Waals surface area contributed by atoms with E-state index in [0.717, 1.165) is 24.3 Å². The molecule has 0 spiro atoms. The third kappa shape index (κ3) is 3.03. The van der Waals surface area contributed by atoms with Crippen LogP contribution in [0.5, 0.6) is 0 Å². The quantitative estimate of drug-likeness (QED) is 0.863. The second-order valence-corrected chi connectivity index (χ2v) is 5.03. The van der Waals surface area contributed by atoms with Gasteiger partial charge in [0, 0.05) is 30.4 Å². The molecule has 2 rings (SSSR count). The first-order valence-corrected chi connectivity index (χ1v) is 6.87. The molecule has 1 heterocycles. The lowest BCUT2D eigenvalue weighted by Crippen LogP contribution is -2.23. The normalized spacial score (nSPS) is 17.0. The van der Waals surface area contributed by atoms with E-state index in [1.807, 2.05) is 17.0 Å². The van der Waals surface area contributed by atoms with Crippen LogP contribution in [0.3, 0.4) is 0 Å². The molecule has 0 radical (unpaired) electrons. The van der Waals surface area contributed by atoms with Crippen LogP contribution >= 0.6 is 0 Å². The van der Waals surface area contributed by atoms with Crippen molar-refractivity contribution in [3.05, 3.63) is 24.3 Å². The van der Waals surface area contributed by atoms with Crippen LogP contribution in [0, 0.1) is 0 Å². The number of hydrogen-bond donors (Lipinski definition) is 1. The molecular formula is C15H22N2O. The van der Waals surface area contributed by atoms with E-state index in [9.17, 15) is 4.79 Å². The van der Waals surface area contributed by atoms with Crippen molar-refractivity contribution in [2.75, 3.05) is 16.8 Å². The van der Waals surface area contributed by atoms with Crippen LogP contribution < -0.4 is 10.2 Å². The molecule has 0 aliphatic carbocycles. The van der Waals surface area contributed by atoms with Crippen LogP contribution in [-0.4, -0.2) is 18.5 Å². The second-order valence-electron chi connectivity index (χ2n) is 5.03. The van der Waals surface area contributed by atoms with E-state index in [2.05, 4.69) is 31.3 Å². The average molecular weight is 246 g/mol. The number of carbonyl (C=O) groups is 1. The summed E-state index contributed by atoms with van der Waals surface area (Å²) >= 11 is 0. The third-order valence-electron chi connectivity index (χ3n) is 3.39. The predicted octanol–water partition coefficient (Wildman–Crippen LogP) is 3.41. The minimum atomic E-state index is 0.245. The summed E-state index contributed by atoms with van der Waals surface area (Å²) in [6.45, 7) is 5.25. The van der Waals surface area contributed by atoms with Crippen LogP contribution in [0.2, 0.25) is 0 Å². The molecule has 0 saturated carbocycles. The Morgan fingerprint density at radius 1 is 1.33 bits per heavy atom. The van der Waals surface area contributed by atoms with E-state index in [0.29, 0.717) is 12.5 Å². The Labute approximate surface area is 109 Å². The number of amides is 1. The molecule has 1 aliphatic heterocycles. The van der Waals surface area contributed by atoms with Crippen LogP contribution in [0.15, 0.2) is 24.3 Å². The molecule has 1 N–H and O–H groups in total. The fraction of sp³-hybridized carbons (Fsp3) is 0.533. The van der Waals surface area contributed by atoms with Crippen LogP contribution in [0.25, 0.3) is 0 Å². The Balaban J connectivity index is 1.99. The molecule has 0 aromatic heterocycles. The molecule has 1 aromatic carbocycles.